The first kappa shape index (κ1) is 20.7. The Bertz CT molecular complexity index is 872. The van der Waals surface area contributed by atoms with E-state index in [0.29, 0.717) is 10.6 Å². The Morgan fingerprint density at radius 3 is 2.27 bits per heavy atom. The van der Waals surface area contributed by atoms with Crippen LogP contribution in [0.15, 0.2) is 59.5 Å². The molecule has 0 fully saturated rings. The average Bonchev–Trinajstić information content (AvgIpc) is 2.60. The minimum atomic E-state index is -3.57. The van der Waals surface area contributed by atoms with Gasteiger partial charge in [0, 0.05) is 17.4 Å². The number of rotatable bonds is 6. The van der Waals surface area contributed by atoms with Gasteiger partial charge < -0.3 is 0 Å². The van der Waals surface area contributed by atoms with E-state index in [9.17, 15) is 13.2 Å². The Balaban J connectivity index is 2.24. The Morgan fingerprint density at radius 2 is 1.69 bits per heavy atom. The van der Waals surface area contributed by atoms with Gasteiger partial charge in [-0.25, -0.2) is 8.42 Å². The van der Waals surface area contributed by atoms with Crippen LogP contribution in [-0.2, 0) is 14.6 Å². The minimum Gasteiger partial charge on any atom is -0.283 e. The highest BCUT2D eigenvalue weighted by atomic mass is 35.5. The quantitative estimate of drug-likeness (QED) is 0.374. The zero-order chi connectivity index (χ0) is 19.2. The van der Waals surface area contributed by atoms with Crippen LogP contribution < -0.4 is 10.9 Å². The van der Waals surface area contributed by atoms with E-state index in [1.54, 1.807) is 42.5 Å². The van der Waals surface area contributed by atoms with Crippen LogP contribution in [0.25, 0.3) is 0 Å². The molecule has 0 aromatic heterocycles. The molecule has 9 heteroatoms. The highest BCUT2D eigenvalue weighted by Crippen LogP contribution is 2.26. The van der Waals surface area contributed by atoms with Crippen LogP contribution in [0, 0.1) is 0 Å². The third-order valence-electron chi connectivity index (χ3n) is 3.60. The van der Waals surface area contributed by atoms with Gasteiger partial charge in [0.2, 0.25) is 5.91 Å². The number of amides is 1. The van der Waals surface area contributed by atoms with Gasteiger partial charge in [0.05, 0.1) is 10.6 Å². The summed E-state index contributed by atoms with van der Waals surface area (Å²) in [6, 6.07) is 14.9. The average molecular weight is 429 g/mol. The lowest BCUT2D eigenvalue weighted by Crippen LogP contribution is -2.39. The first-order valence-corrected chi connectivity index (χ1v) is 10.5. The van der Waals surface area contributed by atoms with Gasteiger partial charge in [-0.2, -0.15) is 0 Å². The van der Waals surface area contributed by atoms with Gasteiger partial charge in [-0.05, 0) is 29.8 Å². The van der Waals surface area contributed by atoms with Crippen molar-refractivity contribution in [3.8, 4) is 0 Å². The van der Waals surface area contributed by atoms with Crippen LogP contribution in [0.5, 0.6) is 0 Å². The number of nitrogens with one attached hydrogen (secondary N) is 2. The summed E-state index contributed by atoms with van der Waals surface area (Å²) in [7, 11) is -3.57. The summed E-state index contributed by atoms with van der Waals surface area (Å²) in [5, 5.41) is 0.532. The molecule has 26 heavy (non-hydrogen) atoms. The molecule has 0 heterocycles. The zero-order valence-electron chi connectivity index (χ0n) is 13.6. The first-order valence-electron chi connectivity index (χ1n) is 7.59. The smallest absolute Gasteiger partial charge is 0.238 e. The van der Waals surface area contributed by atoms with Gasteiger partial charge in [0.15, 0.2) is 9.84 Å². The van der Waals surface area contributed by atoms with Crippen molar-refractivity contribution in [1.82, 2.24) is 10.9 Å². The number of thiocarbonyl (C=S) groups is 1. The molecule has 0 bridgehead atoms. The third-order valence-corrected chi connectivity index (χ3v) is 5.90. The Kier molecular flexibility index (Phi) is 7.45. The molecule has 2 N–H and O–H groups in total. The number of sulfone groups is 1. The topological polar surface area (TPSA) is 75.3 Å². The van der Waals surface area contributed by atoms with Crippen molar-refractivity contribution in [2.75, 3.05) is 5.75 Å². The molecular formula is C17H17ClN2O3S3. The molecule has 1 unspecified atom stereocenters. The van der Waals surface area contributed by atoms with E-state index in [2.05, 4.69) is 23.5 Å². The van der Waals surface area contributed by atoms with Gasteiger partial charge >= 0.3 is 0 Å². The number of thiol groups is 1. The second-order valence-corrected chi connectivity index (χ2v) is 9.15. The predicted molar refractivity (Wildman–Crippen MR) is 110 cm³/mol. The van der Waals surface area contributed by atoms with Crippen molar-refractivity contribution in [3.05, 3.63) is 65.2 Å². The summed E-state index contributed by atoms with van der Waals surface area (Å²) in [6.07, 6.45) is -0.0446. The largest absolute Gasteiger partial charge is 0.283 e. The molecule has 2 rings (SSSR count). The lowest BCUT2D eigenvalue weighted by atomic mass is 9.97. The molecule has 1 atom stereocenters. The van der Waals surface area contributed by atoms with Gasteiger partial charge in [0.25, 0.3) is 0 Å². The fourth-order valence-corrected chi connectivity index (χ4v) is 4.23. The molecule has 5 nitrogen and oxygen atoms in total. The van der Waals surface area contributed by atoms with Gasteiger partial charge in [0.1, 0.15) is 4.32 Å². The van der Waals surface area contributed by atoms with Gasteiger partial charge in [-0.15, -0.1) is 12.6 Å². The molecule has 0 saturated heterocycles. The van der Waals surface area contributed by atoms with Crippen molar-refractivity contribution < 1.29 is 13.2 Å². The fraction of sp³-hybridized carbons (Fsp3) is 0.176. The van der Waals surface area contributed by atoms with E-state index in [-0.39, 0.29) is 21.4 Å². The molecule has 0 spiro atoms. The molecular weight excluding hydrogens is 412 g/mol. The number of carbonyl (C=O) groups excluding carboxylic acids is 1. The number of carbonyl (C=O) groups is 1. The number of hydrazine groups is 1. The Labute approximate surface area is 168 Å². The summed E-state index contributed by atoms with van der Waals surface area (Å²) >= 11 is 14.5. The SMILES string of the molecule is O=C(CC(CS(=O)(=O)c1ccccc1)c1ccc(Cl)cc1)NNC(=S)S. The van der Waals surface area contributed by atoms with Crippen LogP contribution in [0.4, 0.5) is 0 Å². The maximum atomic E-state index is 12.7. The molecule has 0 aliphatic heterocycles. The van der Waals surface area contributed by atoms with E-state index in [0.717, 1.165) is 0 Å². The van der Waals surface area contributed by atoms with Crippen LogP contribution in [0.3, 0.4) is 0 Å². The normalized spacial score (nSPS) is 12.2. The zero-order valence-corrected chi connectivity index (χ0v) is 16.8. The van der Waals surface area contributed by atoms with Crippen LogP contribution >= 0.6 is 36.4 Å². The molecule has 2 aromatic carbocycles. The summed E-state index contributed by atoms with van der Waals surface area (Å²) in [6.45, 7) is 0. The number of hydrogen-bond acceptors (Lipinski definition) is 4. The molecule has 0 saturated carbocycles. The van der Waals surface area contributed by atoms with Crippen molar-refractivity contribution in [1.29, 1.82) is 0 Å². The molecule has 2 aromatic rings. The maximum Gasteiger partial charge on any atom is 0.238 e. The molecule has 0 radical (unpaired) electrons. The highest BCUT2D eigenvalue weighted by Gasteiger charge is 2.25. The van der Waals surface area contributed by atoms with Crippen molar-refractivity contribution in [3.63, 3.8) is 0 Å². The second kappa shape index (κ2) is 9.36. The monoisotopic (exact) mass is 428 g/mol. The second-order valence-electron chi connectivity index (χ2n) is 5.53. The van der Waals surface area contributed by atoms with Crippen LogP contribution in [-0.4, -0.2) is 24.4 Å². The van der Waals surface area contributed by atoms with E-state index < -0.39 is 21.7 Å². The maximum absolute atomic E-state index is 12.7. The number of benzene rings is 2. The van der Waals surface area contributed by atoms with Crippen LogP contribution in [0.1, 0.15) is 17.9 Å². The first-order chi connectivity index (χ1) is 12.3. The van der Waals surface area contributed by atoms with E-state index in [1.165, 1.54) is 12.1 Å². The predicted octanol–water partition coefficient (Wildman–Crippen LogP) is 3.12. The lowest BCUT2D eigenvalue weighted by molar-refractivity contribution is -0.121. The summed E-state index contributed by atoms with van der Waals surface area (Å²) in [5.41, 5.74) is 5.53. The summed E-state index contributed by atoms with van der Waals surface area (Å²) < 4.78 is 25.6. The lowest BCUT2D eigenvalue weighted by Gasteiger charge is -2.18. The van der Waals surface area contributed by atoms with Crippen molar-refractivity contribution >= 4 is 56.5 Å². The molecule has 1 amide bonds. The van der Waals surface area contributed by atoms with Crippen molar-refractivity contribution in [2.45, 2.75) is 17.2 Å². The number of halogens is 1. The Hall–Kier alpha value is -1.61. The minimum absolute atomic E-state index is 0.0446. The molecule has 0 aliphatic carbocycles. The van der Waals surface area contributed by atoms with Gasteiger partial charge in [-0.3, -0.25) is 15.6 Å². The molecule has 138 valence electrons. The fourth-order valence-electron chi connectivity index (χ4n) is 2.39. The third kappa shape index (κ3) is 6.28. The Morgan fingerprint density at radius 1 is 1.08 bits per heavy atom. The van der Waals surface area contributed by atoms with E-state index >= 15 is 0 Å². The van der Waals surface area contributed by atoms with Crippen LogP contribution in [0.2, 0.25) is 5.02 Å². The standard InChI is InChI=1S/C17H17ClN2O3S3/c18-14-8-6-12(7-9-14)13(10-16(21)19-20-17(24)25)11-26(22,23)15-4-2-1-3-5-15/h1-9,13H,10-11H2,(H,19,21)(H2,20,24,25). The number of hydrogen-bond donors (Lipinski definition) is 3. The summed E-state index contributed by atoms with van der Waals surface area (Å²) in [4.78, 5) is 12.3. The summed E-state index contributed by atoms with van der Waals surface area (Å²) in [5.74, 6) is -1.16. The van der Waals surface area contributed by atoms with E-state index in [1.807, 2.05) is 0 Å². The molecule has 0 aliphatic rings. The highest BCUT2D eigenvalue weighted by molar-refractivity contribution is 8.11. The van der Waals surface area contributed by atoms with Gasteiger partial charge in [-0.1, -0.05) is 54.2 Å². The van der Waals surface area contributed by atoms with Crippen molar-refractivity contribution in [2.24, 2.45) is 0 Å². The van der Waals surface area contributed by atoms with E-state index in [4.69, 9.17) is 23.8 Å².